The van der Waals surface area contributed by atoms with Crippen molar-refractivity contribution in [2.45, 2.75) is 6.42 Å². The maximum Gasteiger partial charge on any atom is 0.337 e. The van der Waals surface area contributed by atoms with Crippen LogP contribution in [-0.4, -0.2) is 17.0 Å². The Morgan fingerprint density at radius 3 is 2.62 bits per heavy atom. The smallest absolute Gasteiger partial charge is 0.337 e. The molecule has 0 saturated carbocycles. The van der Waals surface area contributed by atoms with Gasteiger partial charge in [-0.25, -0.2) is 4.79 Å². The predicted octanol–water partition coefficient (Wildman–Crippen LogP) is 3.98. The Kier molecular flexibility index (Phi) is 4.98. The van der Waals surface area contributed by atoms with Crippen LogP contribution in [0.2, 0.25) is 5.02 Å². The summed E-state index contributed by atoms with van der Waals surface area (Å²) in [5.74, 6) is -1.40. The zero-order valence-corrected chi connectivity index (χ0v) is 13.1. The molecule has 0 aliphatic carbocycles. The minimum Gasteiger partial charge on any atom is -0.478 e. The maximum atomic E-state index is 12.0. The molecule has 0 saturated heterocycles. The van der Waals surface area contributed by atoms with Gasteiger partial charge in [0.05, 0.1) is 17.7 Å². The summed E-state index contributed by atoms with van der Waals surface area (Å²) in [5, 5.41) is 12.3. The molecule has 2 rings (SSSR count). The molecule has 0 bridgehead atoms. The Morgan fingerprint density at radius 1 is 1.19 bits per heavy atom. The van der Waals surface area contributed by atoms with Crippen LogP contribution >= 0.6 is 27.5 Å². The first kappa shape index (κ1) is 15.5. The van der Waals surface area contributed by atoms with Crippen LogP contribution in [0.5, 0.6) is 0 Å². The first-order valence-corrected chi connectivity index (χ1v) is 7.20. The quantitative estimate of drug-likeness (QED) is 0.858. The highest BCUT2D eigenvalue weighted by Gasteiger charge is 2.13. The predicted molar refractivity (Wildman–Crippen MR) is 84.9 cm³/mol. The average Bonchev–Trinajstić information content (AvgIpc) is 2.38. The second-order valence-corrected chi connectivity index (χ2v) is 5.70. The van der Waals surface area contributed by atoms with E-state index < -0.39 is 5.97 Å². The Bertz CT molecular complexity index is 703. The second-order valence-electron chi connectivity index (χ2n) is 4.35. The Hall–Kier alpha value is -1.85. The number of carbonyl (C=O) groups excluding carboxylic acids is 1. The third-order valence-electron chi connectivity index (χ3n) is 2.74. The molecule has 2 N–H and O–H groups in total. The largest absolute Gasteiger partial charge is 0.478 e. The summed E-state index contributed by atoms with van der Waals surface area (Å²) in [6.07, 6.45) is 0.117. The van der Waals surface area contributed by atoms with E-state index in [4.69, 9.17) is 16.7 Å². The van der Waals surface area contributed by atoms with E-state index >= 15 is 0 Å². The molecule has 21 heavy (non-hydrogen) atoms. The fourth-order valence-corrected chi connectivity index (χ4v) is 2.41. The van der Waals surface area contributed by atoms with Crippen molar-refractivity contribution >= 4 is 45.1 Å². The molecule has 0 aliphatic heterocycles. The van der Waals surface area contributed by atoms with E-state index in [0.717, 1.165) is 5.56 Å². The lowest BCUT2D eigenvalue weighted by Crippen LogP contribution is -2.16. The van der Waals surface area contributed by atoms with Gasteiger partial charge in [-0.3, -0.25) is 4.79 Å². The molecule has 2 aromatic rings. The van der Waals surface area contributed by atoms with Crippen molar-refractivity contribution in [2.24, 2.45) is 0 Å². The van der Waals surface area contributed by atoms with Crippen LogP contribution in [0.3, 0.4) is 0 Å². The molecule has 0 heterocycles. The number of halogens is 2. The van der Waals surface area contributed by atoms with Crippen molar-refractivity contribution in [3.63, 3.8) is 0 Å². The van der Waals surface area contributed by atoms with E-state index in [-0.39, 0.29) is 23.6 Å². The van der Waals surface area contributed by atoms with Gasteiger partial charge in [0.2, 0.25) is 5.91 Å². The summed E-state index contributed by atoms with van der Waals surface area (Å²) >= 11 is 9.11. The van der Waals surface area contributed by atoms with Crippen LogP contribution in [0.4, 0.5) is 5.69 Å². The number of carbonyl (C=O) groups is 2. The highest BCUT2D eigenvalue weighted by atomic mass is 79.9. The summed E-state index contributed by atoms with van der Waals surface area (Å²) in [4.78, 5) is 23.2. The van der Waals surface area contributed by atoms with Crippen molar-refractivity contribution in [2.75, 3.05) is 5.32 Å². The van der Waals surface area contributed by atoms with Gasteiger partial charge in [-0.05, 0) is 35.9 Å². The third-order valence-corrected chi connectivity index (χ3v) is 3.47. The van der Waals surface area contributed by atoms with Gasteiger partial charge >= 0.3 is 5.97 Å². The van der Waals surface area contributed by atoms with Gasteiger partial charge in [0.1, 0.15) is 0 Å². The lowest BCUT2D eigenvalue weighted by atomic mass is 10.1. The van der Waals surface area contributed by atoms with Crippen molar-refractivity contribution in [1.29, 1.82) is 0 Å². The maximum absolute atomic E-state index is 12.0. The van der Waals surface area contributed by atoms with E-state index in [0.29, 0.717) is 9.50 Å². The Morgan fingerprint density at radius 2 is 1.95 bits per heavy atom. The molecule has 0 aliphatic rings. The minimum atomic E-state index is -1.10. The van der Waals surface area contributed by atoms with Crippen molar-refractivity contribution in [1.82, 2.24) is 0 Å². The molecule has 0 unspecified atom stereocenters. The highest BCUT2D eigenvalue weighted by molar-refractivity contribution is 9.10. The first-order chi connectivity index (χ1) is 9.95. The number of aromatic carboxylic acids is 1. The van der Waals surface area contributed by atoms with Gasteiger partial charge in [-0.1, -0.05) is 39.7 Å². The summed E-state index contributed by atoms with van der Waals surface area (Å²) in [7, 11) is 0. The molecule has 0 aromatic heterocycles. The van der Waals surface area contributed by atoms with Gasteiger partial charge in [-0.2, -0.15) is 0 Å². The second kappa shape index (κ2) is 6.74. The molecule has 108 valence electrons. The molecule has 0 fully saturated rings. The number of anilines is 1. The van der Waals surface area contributed by atoms with Gasteiger partial charge in [0.25, 0.3) is 0 Å². The zero-order valence-electron chi connectivity index (χ0n) is 10.8. The number of hydrogen-bond acceptors (Lipinski definition) is 2. The first-order valence-electron chi connectivity index (χ1n) is 6.03. The SMILES string of the molecule is O=C(Cc1cccc(Cl)c1)Nc1cc(Br)ccc1C(=O)O. The summed E-state index contributed by atoms with van der Waals surface area (Å²) in [6.45, 7) is 0. The molecular formula is C15H11BrClNO3. The van der Waals surface area contributed by atoms with E-state index in [1.165, 1.54) is 6.07 Å². The van der Waals surface area contributed by atoms with Crippen molar-refractivity contribution in [3.05, 3.63) is 63.1 Å². The van der Waals surface area contributed by atoms with Gasteiger partial charge in [-0.15, -0.1) is 0 Å². The molecule has 6 heteroatoms. The third kappa shape index (κ3) is 4.31. The normalized spacial score (nSPS) is 10.2. The van der Waals surface area contributed by atoms with Crippen LogP contribution < -0.4 is 5.32 Å². The zero-order chi connectivity index (χ0) is 15.4. The topological polar surface area (TPSA) is 66.4 Å². The Labute approximate surface area is 134 Å². The van der Waals surface area contributed by atoms with E-state index in [2.05, 4.69) is 21.2 Å². The number of nitrogens with one attached hydrogen (secondary N) is 1. The molecule has 1 amide bonds. The van der Waals surface area contributed by atoms with Gasteiger partial charge < -0.3 is 10.4 Å². The van der Waals surface area contributed by atoms with Crippen molar-refractivity contribution in [3.8, 4) is 0 Å². The number of benzene rings is 2. The van der Waals surface area contributed by atoms with Crippen LogP contribution in [0, 0.1) is 0 Å². The standard InChI is InChI=1S/C15H11BrClNO3/c16-10-4-5-12(15(20)21)13(8-10)18-14(19)7-9-2-1-3-11(17)6-9/h1-6,8H,7H2,(H,18,19)(H,20,21). The van der Waals surface area contributed by atoms with Gasteiger partial charge in [0, 0.05) is 9.50 Å². The van der Waals surface area contributed by atoms with E-state index in [9.17, 15) is 9.59 Å². The molecule has 0 atom stereocenters. The molecular weight excluding hydrogens is 358 g/mol. The summed E-state index contributed by atoms with van der Waals surface area (Å²) in [5.41, 5.74) is 1.05. The number of hydrogen-bond donors (Lipinski definition) is 2. The lowest BCUT2D eigenvalue weighted by Gasteiger charge is -2.09. The fourth-order valence-electron chi connectivity index (χ4n) is 1.83. The lowest BCUT2D eigenvalue weighted by molar-refractivity contribution is -0.115. The molecule has 0 spiro atoms. The summed E-state index contributed by atoms with van der Waals surface area (Å²) < 4.78 is 0.686. The number of carboxylic acids is 1. The molecule has 2 aromatic carbocycles. The monoisotopic (exact) mass is 367 g/mol. The van der Waals surface area contributed by atoms with Crippen LogP contribution in [0.25, 0.3) is 0 Å². The average molecular weight is 369 g/mol. The molecule has 0 radical (unpaired) electrons. The van der Waals surface area contributed by atoms with Gasteiger partial charge in [0.15, 0.2) is 0 Å². The fraction of sp³-hybridized carbons (Fsp3) is 0.0667. The number of rotatable bonds is 4. The van der Waals surface area contributed by atoms with E-state index in [1.807, 2.05) is 0 Å². The highest BCUT2D eigenvalue weighted by Crippen LogP contribution is 2.22. The van der Waals surface area contributed by atoms with E-state index in [1.54, 1.807) is 36.4 Å². The number of carboxylic acid groups (broad SMARTS) is 1. The van der Waals surface area contributed by atoms with Crippen LogP contribution in [-0.2, 0) is 11.2 Å². The summed E-state index contributed by atoms with van der Waals surface area (Å²) in [6, 6.07) is 11.5. The van der Waals surface area contributed by atoms with Crippen molar-refractivity contribution < 1.29 is 14.7 Å². The minimum absolute atomic E-state index is 0.0395. The van der Waals surface area contributed by atoms with Crippen LogP contribution in [0.1, 0.15) is 15.9 Å². The number of amides is 1. The Balaban J connectivity index is 2.16. The molecule has 4 nitrogen and oxygen atoms in total. The van der Waals surface area contributed by atoms with Crippen LogP contribution in [0.15, 0.2) is 46.9 Å².